The lowest BCUT2D eigenvalue weighted by atomic mass is 10.0. The molecule has 7 N–H and O–H groups in total. The van der Waals surface area contributed by atoms with Crippen LogP contribution >= 0.6 is 11.3 Å². The van der Waals surface area contributed by atoms with Crippen molar-refractivity contribution in [3.05, 3.63) is 95.5 Å². The highest BCUT2D eigenvalue weighted by molar-refractivity contribution is 7.89. The van der Waals surface area contributed by atoms with E-state index in [0.29, 0.717) is 10.7 Å². The largest absolute Gasteiger partial charge is 0.480 e. The number of halogens is 3. The molecular formula is C41H49F3N4O10S2. The summed E-state index contributed by atoms with van der Waals surface area (Å²) < 4.78 is 66.1. The van der Waals surface area contributed by atoms with Crippen LogP contribution in [0.15, 0.2) is 89.1 Å². The Morgan fingerprint density at radius 2 is 1.18 bits per heavy atom. The second-order valence-corrected chi connectivity index (χ2v) is 17.3. The van der Waals surface area contributed by atoms with Gasteiger partial charge in [-0.05, 0) is 66.5 Å². The van der Waals surface area contributed by atoms with E-state index >= 15 is 0 Å². The third-order valence-corrected chi connectivity index (χ3v) is 11.2. The molecular weight excluding hydrogens is 830 g/mol. The molecule has 0 aliphatic rings. The van der Waals surface area contributed by atoms with Crippen molar-refractivity contribution in [2.75, 3.05) is 6.54 Å². The number of hydrogen-bond acceptors (Lipinski definition) is 10. The van der Waals surface area contributed by atoms with Gasteiger partial charge in [0, 0.05) is 23.9 Å². The van der Waals surface area contributed by atoms with E-state index in [0.717, 1.165) is 34.6 Å². The standard InChI is InChI=1S/C22H28N2O6S.C19H21F3N2O4S/c1-15(2)14-20(22(27)28)24-19(21(25)26)12-13-23-31(29,30)18-10-8-17(9-11-18)16-6-4-3-5-7-16;1-10(2)6-14(17(25)26)24-15(18(27)28)8-13-9-29-16(23-13)11-4-3-5-12(7-11)19(20,21)22/h3-11,15,19-20,23-24H,12-14H2,1-2H3,(H,25,26)(H,27,28);3-5,7,9-10,14-15,24H,6,8H2,1-2H3,(H,25,26)(H,27,28)/t19-,20-;14-,15-/m00/s1. The Hall–Kier alpha value is -5.21. The van der Waals surface area contributed by atoms with Crippen LogP contribution in [0.25, 0.3) is 21.7 Å². The Morgan fingerprint density at radius 3 is 1.68 bits per heavy atom. The molecule has 60 heavy (non-hydrogen) atoms. The molecule has 3 aromatic carbocycles. The molecule has 0 spiro atoms. The monoisotopic (exact) mass is 878 g/mol. The highest BCUT2D eigenvalue weighted by atomic mass is 32.2. The van der Waals surface area contributed by atoms with Crippen molar-refractivity contribution < 1.29 is 61.2 Å². The van der Waals surface area contributed by atoms with Crippen molar-refractivity contribution in [2.24, 2.45) is 11.8 Å². The lowest BCUT2D eigenvalue weighted by Gasteiger charge is -2.21. The minimum absolute atomic E-state index is 0.0461. The van der Waals surface area contributed by atoms with Crippen LogP contribution in [0.5, 0.6) is 0 Å². The smallest absolute Gasteiger partial charge is 0.416 e. The fraction of sp³-hybridized carbons (Fsp3) is 0.390. The van der Waals surface area contributed by atoms with Crippen molar-refractivity contribution >= 4 is 45.2 Å². The van der Waals surface area contributed by atoms with Gasteiger partial charge in [-0.3, -0.25) is 29.8 Å². The number of aliphatic carboxylic acids is 4. The zero-order valence-electron chi connectivity index (χ0n) is 33.2. The molecule has 0 bridgehead atoms. The molecule has 4 atom stereocenters. The normalized spacial score (nSPS) is 13.8. The van der Waals surface area contributed by atoms with Gasteiger partial charge in [0.1, 0.15) is 29.2 Å². The first-order valence-electron chi connectivity index (χ1n) is 18.8. The second kappa shape index (κ2) is 22.4. The predicted molar refractivity (Wildman–Crippen MR) is 219 cm³/mol. The zero-order chi connectivity index (χ0) is 44.8. The average molecular weight is 879 g/mol. The van der Waals surface area contributed by atoms with E-state index in [1.807, 2.05) is 58.0 Å². The van der Waals surface area contributed by atoms with Gasteiger partial charge in [-0.15, -0.1) is 11.3 Å². The number of carbonyl (C=O) groups is 4. The summed E-state index contributed by atoms with van der Waals surface area (Å²) in [6, 6.07) is 16.2. The summed E-state index contributed by atoms with van der Waals surface area (Å²) in [5, 5.41) is 44.5. The van der Waals surface area contributed by atoms with Crippen molar-refractivity contribution in [1.82, 2.24) is 20.3 Å². The summed E-state index contributed by atoms with van der Waals surface area (Å²) in [6.45, 7) is 7.18. The molecule has 0 amide bonds. The quantitative estimate of drug-likeness (QED) is 0.0476. The third-order valence-electron chi connectivity index (χ3n) is 8.81. The van der Waals surface area contributed by atoms with Gasteiger partial charge in [0.15, 0.2) is 0 Å². The summed E-state index contributed by atoms with van der Waals surface area (Å²) in [5.74, 6) is -4.65. The molecule has 0 unspecified atom stereocenters. The van der Waals surface area contributed by atoms with Gasteiger partial charge in [-0.25, -0.2) is 18.1 Å². The molecule has 0 fully saturated rings. The molecule has 4 aromatic rings. The Kier molecular flexibility index (Phi) is 18.4. The molecule has 0 saturated carbocycles. The lowest BCUT2D eigenvalue weighted by molar-refractivity contribution is -0.144. The van der Waals surface area contributed by atoms with Crippen LogP contribution in [0.4, 0.5) is 13.2 Å². The van der Waals surface area contributed by atoms with E-state index in [2.05, 4.69) is 20.3 Å². The highest BCUT2D eigenvalue weighted by Crippen LogP contribution is 2.33. The van der Waals surface area contributed by atoms with Crippen molar-refractivity contribution in [3.8, 4) is 21.7 Å². The van der Waals surface area contributed by atoms with Crippen LogP contribution in [0.1, 0.15) is 58.2 Å². The molecule has 14 nitrogen and oxygen atoms in total. The van der Waals surface area contributed by atoms with E-state index in [9.17, 15) is 61.2 Å². The summed E-state index contributed by atoms with van der Waals surface area (Å²) in [5.41, 5.74) is 1.67. The molecule has 1 heterocycles. The summed E-state index contributed by atoms with van der Waals surface area (Å²) in [6.07, 6.45) is -4.15. The topological polar surface area (TPSA) is 232 Å². The maximum atomic E-state index is 12.9. The van der Waals surface area contributed by atoms with Gasteiger partial charge in [0.05, 0.1) is 16.2 Å². The number of carboxylic acid groups (broad SMARTS) is 4. The average Bonchev–Trinajstić information content (AvgIpc) is 3.65. The minimum atomic E-state index is -4.48. The number of rotatable bonds is 21. The van der Waals surface area contributed by atoms with Gasteiger partial charge in [0.2, 0.25) is 10.0 Å². The molecule has 0 radical (unpaired) electrons. The molecule has 19 heteroatoms. The van der Waals surface area contributed by atoms with E-state index in [4.69, 9.17) is 0 Å². The highest BCUT2D eigenvalue weighted by Gasteiger charge is 2.31. The van der Waals surface area contributed by atoms with Crippen molar-refractivity contribution in [1.29, 1.82) is 0 Å². The molecule has 4 rings (SSSR count). The van der Waals surface area contributed by atoms with E-state index in [-0.39, 0.29) is 54.5 Å². The van der Waals surface area contributed by atoms with E-state index < -0.39 is 69.8 Å². The third kappa shape index (κ3) is 15.8. The van der Waals surface area contributed by atoms with Crippen LogP contribution in [0.2, 0.25) is 0 Å². The van der Waals surface area contributed by atoms with E-state index in [1.54, 1.807) is 17.5 Å². The minimum Gasteiger partial charge on any atom is -0.480 e. The van der Waals surface area contributed by atoms with Crippen molar-refractivity contribution in [2.45, 2.75) is 88.6 Å². The zero-order valence-corrected chi connectivity index (χ0v) is 34.9. The van der Waals surface area contributed by atoms with Crippen molar-refractivity contribution in [3.63, 3.8) is 0 Å². The first kappa shape index (κ1) is 49.2. The molecule has 0 saturated heterocycles. The van der Waals surface area contributed by atoms with Crippen LogP contribution in [-0.2, 0) is 41.8 Å². The number of sulfonamides is 1. The fourth-order valence-corrected chi connectivity index (χ4v) is 7.73. The Morgan fingerprint density at radius 1 is 0.683 bits per heavy atom. The number of alkyl halides is 3. The molecule has 326 valence electrons. The van der Waals surface area contributed by atoms with Gasteiger partial charge in [-0.1, -0.05) is 82.3 Å². The summed E-state index contributed by atoms with van der Waals surface area (Å²) >= 11 is 1.10. The van der Waals surface area contributed by atoms with Crippen LogP contribution in [0.3, 0.4) is 0 Å². The first-order valence-corrected chi connectivity index (χ1v) is 21.1. The molecule has 1 aromatic heterocycles. The maximum absolute atomic E-state index is 12.9. The number of hydrogen-bond donors (Lipinski definition) is 7. The lowest BCUT2D eigenvalue weighted by Crippen LogP contribution is -2.48. The molecule has 0 aliphatic carbocycles. The first-order chi connectivity index (χ1) is 28.1. The number of nitrogens with zero attached hydrogens (tertiary/aromatic N) is 1. The maximum Gasteiger partial charge on any atom is 0.416 e. The van der Waals surface area contributed by atoms with Crippen LogP contribution < -0.4 is 15.4 Å². The number of thiazole rings is 1. The molecule has 0 aliphatic heterocycles. The van der Waals surface area contributed by atoms with Gasteiger partial charge >= 0.3 is 30.1 Å². The number of nitrogens with one attached hydrogen (secondary N) is 3. The van der Waals surface area contributed by atoms with E-state index in [1.165, 1.54) is 24.3 Å². The second-order valence-electron chi connectivity index (χ2n) is 14.7. The fourth-order valence-electron chi connectivity index (χ4n) is 5.85. The van der Waals surface area contributed by atoms with Crippen LogP contribution in [0, 0.1) is 11.8 Å². The van der Waals surface area contributed by atoms with Gasteiger partial charge < -0.3 is 20.4 Å². The van der Waals surface area contributed by atoms with Crippen LogP contribution in [-0.4, -0.2) is 88.4 Å². The van der Waals surface area contributed by atoms with Gasteiger partial charge in [0.25, 0.3) is 0 Å². The number of aromatic nitrogens is 1. The SMILES string of the molecule is CC(C)C[C@H](N[C@@H](CCNS(=O)(=O)c1ccc(-c2ccccc2)cc1)C(=O)O)C(=O)O.CC(C)C[C@H](N[C@@H](Cc1csc(-c2cccc(C(F)(F)F)c2)n1)C(=O)O)C(=O)O. The Bertz CT molecular complexity index is 2150. The summed E-state index contributed by atoms with van der Waals surface area (Å²) in [7, 11) is -3.83. The predicted octanol–water partition coefficient (Wildman–Crippen LogP) is 6.48. The Balaban J connectivity index is 0.000000321. The van der Waals surface area contributed by atoms with Gasteiger partial charge in [-0.2, -0.15) is 13.2 Å². The number of benzene rings is 3. The summed E-state index contributed by atoms with van der Waals surface area (Å²) in [4.78, 5) is 50.1. The number of carboxylic acids is 4. The Labute approximate surface area is 349 Å².